The van der Waals surface area contributed by atoms with Gasteiger partial charge >= 0.3 is 0 Å². The van der Waals surface area contributed by atoms with Crippen molar-refractivity contribution in [3.05, 3.63) is 0 Å². The highest BCUT2D eigenvalue weighted by atomic mass is 16.2. The Hall–Kier alpha value is -1.61. The summed E-state index contributed by atoms with van der Waals surface area (Å²) >= 11 is 0. The fourth-order valence-corrected chi connectivity index (χ4v) is 4.27. The van der Waals surface area contributed by atoms with Crippen molar-refractivity contribution in [1.82, 2.24) is 15.1 Å². The molecule has 0 spiro atoms. The number of hydrogen-bond donors (Lipinski definition) is 1. The van der Waals surface area contributed by atoms with Gasteiger partial charge in [0, 0.05) is 31.6 Å². The molecule has 24 heavy (non-hydrogen) atoms. The molecule has 1 aliphatic carbocycles. The number of nitrogens with one attached hydrogen (secondary N) is 1. The van der Waals surface area contributed by atoms with Gasteiger partial charge in [-0.15, -0.1) is 0 Å². The smallest absolute Gasteiger partial charge is 0.237 e. The van der Waals surface area contributed by atoms with Gasteiger partial charge in [0.1, 0.15) is 6.04 Å². The fourth-order valence-electron chi connectivity index (χ4n) is 4.27. The van der Waals surface area contributed by atoms with Crippen molar-refractivity contribution >= 4 is 11.8 Å². The third-order valence-corrected chi connectivity index (χ3v) is 5.76. The molecule has 1 atom stereocenters. The minimum Gasteiger partial charge on any atom is -0.342 e. The molecule has 0 radical (unpaired) electrons. The van der Waals surface area contributed by atoms with E-state index in [0.717, 1.165) is 64.5 Å². The molecule has 3 aliphatic rings. The largest absolute Gasteiger partial charge is 0.342 e. The van der Waals surface area contributed by atoms with E-state index in [4.69, 9.17) is 5.26 Å². The lowest BCUT2D eigenvalue weighted by molar-refractivity contribution is -0.136. The van der Waals surface area contributed by atoms with Crippen molar-refractivity contribution in [2.24, 2.45) is 5.92 Å². The molecule has 3 rings (SSSR count). The molecular weight excluding hydrogens is 304 g/mol. The van der Waals surface area contributed by atoms with Gasteiger partial charge in [0.25, 0.3) is 0 Å². The van der Waals surface area contributed by atoms with Crippen molar-refractivity contribution in [3.8, 4) is 6.07 Å². The molecule has 0 bridgehead atoms. The highest BCUT2D eigenvalue weighted by molar-refractivity contribution is 5.80. The molecule has 0 aromatic rings. The van der Waals surface area contributed by atoms with Crippen LogP contribution < -0.4 is 5.32 Å². The predicted molar refractivity (Wildman–Crippen MR) is 89.9 cm³/mol. The van der Waals surface area contributed by atoms with E-state index in [2.05, 4.69) is 11.4 Å². The zero-order valence-corrected chi connectivity index (χ0v) is 14.4. The van der Waals surface area contributed by atoms with Crippen LogP contribution >= 0.6 is 0 Å². The van der Waals surface area contributed by atoms with E-state index in [0.29, 0.717) is 25.0 Å². The molecule has 1 N–H and O–H groups in total. The van der Waals surface area contributed by atoms with E-state index < -0.39 is 0 Å². The van der Waals surface area contributed by atoms with Crippen LogP contribution in [-0.4, -0.2) is 59.9 Å². The first kappa shape index (κ1) is 17.2. The summed E-state index contributed by atoms with van der Waals surface area (Å²) in [4.78, 5) is 28.4. The molecule has 2 aliphatic heterocycles. The molecule has 6 nitrogen and oxygen atoms in total. The maximum atomic E-state index is 12.4. The van der Waals surface area contributed by atoms with Crippen LogP contribution in [0.25, 0.3) is 0 Å². The van der Waals surface area contributed by atoms with Gasteiger partial charge in [0.05, 0.1) is 12.6 Å². The summed E-state index contributed by atoms with van der Waals surface area (Å²) in [6.45, 7) is 2.88. The minimum absolute atomic E-state index is 0.0364. The normalized spacial score (nSPS) is 30.4. The first-order valence-electron chi connectivity index (χ1n) is 9.40. The summed E-state index contributed by atoms with van der Waals surface area (Å²) < 4.78 is 0. The molecule has 2 saturated heterocycles. The number of carbonyl (C=O) groups is 2. The van der Waals surface area contributed by atoms with Crippen molar-refractivity contribution in [2.75, 3.05) is 26.2 Å². The van der Waals surface area contributed by atoms with Gasteiger partial charge in [0.15, 0.2) is 0 Å². The monoisotopic (exact) mass is 332 g/mol. The van der Waals surface area contributed by atoms with Gasteiger partial charge in [-0.1, -0.05) is 0 Å². The Kier molecular flexibility index (Phi) is 5.72. The van der Waals surface area contributed by atoms with E-state index in [1.165, 1.54) is 0 Å². The second-order valence-electron chi connectivity index (χ2n) is 7.34. The Labute approximate surface area is 144 Å². The lowest BCUT2D eigenvalue weighted by Crippen LogP contribution is -2.45. The molecule has 2 heterocycles. The molecule has 0 unspecified atom stereocenters. The molecule has 1 saturated carbocycles. The average Bonchev–Trinajstić information content (AvgIpc) is 3.30. The van der Waals surface area contributed by atoms with Crippen LogP contribution in [0.4, 0.5) is 0 Å². The van der Waals surface area contributed by atoms with Gasteiger partial charge in [-0.25, -0.2) is 0 Å². The standard InChI is InChI=1S/C18H28N4O2/c19-12-16-4-3-11-22(16)17(23)13-20-15-7-5-14(6-8-15)18(24)21-9-1-2-10-21/h14-16,20H,1-11,13H2/t14-,15-,16-/m0/s1. The zero-order chi connectivity index (χ0) is 16.9. The maximum Gasteiger partial charge on any atom is 0.237 e. The predicted octanol–water partition coefficient (Wildman–Crippen LogP) is 1.27. The number of carbonyl (C=O) groups excluding carboxylic acids is 2. The Morgan fingerprint density at radius 1 is 1.00 bits per heavy atom. The molecule has 132 valence electrons. The first-order chi connectivity index (χ1) is 11.7. The average molecular weight is 332 g/mol. The van der Waals surface area contributed by atoms with Crippen LogP contribution in [0.2, 0.25) is 0 Å². The van der Waals surface area contributed by atoms with Crippen LogP contribution in [0.3, 0.4) is 0 Å². The van der Waals surface area contributed by atoms with Crippen molar-refractivity contribution < 1.29 is 9.59 Å². The number of nitrogens with zero attached hydrogens (tertiary/aromatic N) is 3. The quantitative estimate of drug-likeness (QED) is 0.841. The van der Waals surface area contributed by atoms with E-state index in [-0.39, 0.29) is 17.9 Å². The van der Waals surface area contributed by atoms with Gasteiger partial charge in [-0.2, -0.15) is 5.26 Å². The van der Waals surface area contributed by atoms with E-state index in [1.54, 1.807) is 4.90 Å². The molecular formula is C18H28N4O2. The third kappa shape index (κ3) is 3.89. The summed E-state index contributed by atoms with van der Waals surface area (Å²) in [5, 5.41) is 12.4. The van der Waals surface area contributed by atoms with Crippen molar-refractivity contribution in [2.45, 2.75) is 63.5 Å². The number of amides is 2. The molecule has 6 heteroatoms. The summed E-state index contributed by atoms with van der Waals surface area (Å²) in [6, 6.07) is 2.29. The Morgan fingerprint density at radius 3 is 2.38 bits per heavy atom. The zero-order valence-electron chi connectivity index (χ0n) is 14.4. The van der Waals surface area contributed by atoms with Crippen molar-refractivity contribution in [3.63, 3.8) is 0 Å². The minimum atomic E-state index is -0.242. The summed E-state index contributed by atoms with van der Waals surface area (Å²) in [6.07, 6.45) is 7.77. The Balaban J connectivity index is 1.38. The second-order valence-corrected chi connectivity index (χ2v) is 7.34. The number of nitriles is 1. The van der Waals surface area contributed by atoms with Gasteiger partial charge in [-0.3, -0.25) is 9.59 Å². The SMILES string of the molecule is N#C[C@@H]1CCCN1C(=O)CN[C@H]1CC[C@H](C(=O)N2CCCC2)CC1. The van der Waals surface area contributed by atoms with Crippen LogP contribution in [0.15, 0.2) is 0 Å². The number of hydrogen-bond acceptors (Lipinski definition) is 4. The Bertz CT molecular complexity index is 502. The second kappa shape index (κ2) is 7.98. The van der Waals surface area contributed by atoms with Crippen LogP contribution in [-0.2, 0) is 9.59 Å². The number of rotatable bonds is 4. The topological polar surface area (TPSA) is 76.4 Å². The van der Waals surface area contributed by atoms with Gasteiger partial charge in [-0.05, 0) is 51.4 Å². The van der Waals surface area contributed by atoms with Crippen LogP contribution in [0, 0.1) is 17.2 Å². The van der Waals surface area contributed by atoms with E-state index >= 15 is 0 Å². The molecule has 2 amide bonds. The van der Waals surface area contributed by atoms with Crippen LogP contribution in [0.1, 0.15) is 51.4 Å². The first-order valence-corrected chi connectivity index (χ1v) is 9.40. The van der Waals surface area contributed by atoms with E-state index in [9.17, 15) is 9.59 Å². The molecule has 3 fully saturated rings. The highest BCUT2D eigenvalue weighted by Crippen LogP contribution is 2.27. The lowest BCUT2D eigenvalue weighted by Gasteiger charge is -2.31. The van der Waals surface area contributed by atoms with Crippen LogP contribution in [0.5, 0.6) is 0 Å². The van der Waals surface area contributed by atoms with E-state index in [1.807, 2.05) is 4.90 Å². The maximum absolute atomic E-state index is 12.4. The van der Waals surface area contributed by atoms with Gasteiger partial charge < -0.3 is 15.1 Å². The van der Waals surface area contributed by atoms with Crippen molar-refractivity contribution in [1.29, 1.82) is 5.26 Å². The summed E-state index contributed by atoms with van der Waals surface area (Å²) in [5.74, 6) is 0.559. The fraction of sp³-hybridized carbons (Fsp3) is 0.833. The Morgan fingerprint density at radius 2 is 1.71 bits per heavy atom. The van der Waals surface area contributed by atoms with Gasteiger partial charge in [0.2, 0.25) is 11.8 Å². The summed E-state index contributed by atoms with van der Waals surface area (Å²) in [7, 11) is 0. The third-order valence-electron chi connectivity index (χ3n) is 5.76. The molecule has 0 aromatic carbocycles. The summed E-state index contributed by atoms with van der Waals surface area (Å²) in [5.41, 5.74) is 0. The highest BCUT2D eigenvalue weighted by Gasteiger charge is 2.32. The number of likely N-dealkylation sites (tertiary alicyclic amines) is 2. The lowest BCUT2D eigenvalue weighted by atomic mass is 9.85. The molecule has 0 aromatic heterocycles.